The lowest BCUT2D eigenvalue weighted by Crippen LogP contribution is -2.01. The number of aromatic nitrogens is 2. The second-order valence-electron chi connectivity index (χ2n) is 5.98. The molecule has 0 aliphatic rings. The number of hydrogen-bond donors (Lipinski definition) is 1. The Bertz CT molecular complexity index is 871. The maximum absolute atomic E-state index is 13.0. The summed E-state index contributed by atoms with van der Waals surface area (Å²) < 4.78 is 18.9. The van der Waals surface area contributed by atoms with E-state index in [4.69, 9.17) is 16.3 Å². The van der Waals surface area contributed by atoms with Crippen LogP contribution in [0.4, 0.5) is 4.39 Å². The summed E-state index contributed by atoms with van der Waals surface area (Å²) in [4.78, 5) is 7.81. The van der Waals surface area contributed by atoms with Gasteiger partial charge in [0, 0.05) is 11.1 Å². The van der Waals surface area contributed by atoms with Crippen LogP contribution in [0.3, 0.4) is 0 Å². The van der Waals surface area contributed by atoms with Gasteiger partial charge in [-0.1, -0.05) is 37.1 Å². The van der Waals surface area contributed by atoms with Gasteiger partial charge in [0.05, 0.1) is 0 Å². The predicted molar refractivity (Wildman–Crippen MR) is 95.3 cm³/mol. The van der Waals surface area contributed by atoms with Gasteiger partial charge in [-0.25, -0.2) is 4.39 Å². The summed E-state index contributed by atoms with van der Waals surface area (Å²) in [7, 11) is 0. The van der Waals surface area contributed by atoms with E-state index in [0.717, 1.165) is 40.6 Å². The van der Waals surface area contributed by atoms with Crippen molar-refractivity contribution in [3.05, 3.63) is 57.6 Å². The number of pyridine rings is 1. The Morgan fingerprint density at radius 1 is 1.21 bits per heavy atom. The molecule has 0 amide bonds. The van der Waals surface area contributed by atoms with Gasteiger partial charge in [0.1, 0.15) is 23.1 Å². The summed E-state index contributed by atoms with van der Waals surface area (Å²) in [5, 5.41) is 1.59. The van der Waals surface area contributed by atoms with Crippen LogP contribution in [0.1, 0.15) is 35.7 Å². The Morgan fingerprint density at radius 2 is 1.92 bits per heavy atom. The van der Waals surface area contributed by atoms with Crippen LogP contribution in [0, 0.1) is 19.7 Å². The smallest absolute Gasteiger partial charge is 0.240 e. The van der Waals surface area contributed by atoms with Crippen molar-refractivity contribution in [3.63, 3.8) is 0 Å². The first kappa shape index (κ1) is 16.8. The molecule has 0 aliphatic heterocycles. The highest BCUT2D eigenvalue weighted by molar-refractivity contribution is 6.31. The summed E-state index contributed by atoms with van der Waals surface area (Å²) in [6, 6.07) is 6.24. The zero-order valence-electron chi connectivity index (χ0n) is 14.0. The number of rotatable bonds is 5. The number of ether oxygens (including phenoxy) is 1. The summed E-state index contributed by atoms with van der Waals surface area (Å²) in [6.45, 7) is 6.54. The minimum Gasteiger partial charge on any atom is -0.471 e. The first-order valence-corrected chi connectivity index (χ1v) is 8.43. The largest absolute Gasteiger partial charge is 0.471 e. The van der Waals surface area contributed by atoms with Crippen LogP contribution in [0.25, 0.3) is 10.9 Å². The molecule has 3 nitrogen and oxygen atoms in total. The minimum absolute atomic E-state index is 0.262. The number of fused-ring (bicyclic) bond motifs is 1. The van der Waals surface area contributed by atoms with Crippen molar-refractivity contribution in [1.29, 1.82) is 0 Å². The number of aromatic amines is 1. The molecule has 1 aromatic carbocycles. The van der Waals surface area contributed by atoms with Crippen LogP contribution in [-0.4, -0.2) is 9.97 Å². The quantitative estimate of drug-likeness (QED) is 0.619. The molecule has 0 unspecified atom stereocenters. The minimum atomic E-state index is -0.262. The maximum atomic E-state index is 13.0. The average Bonchev–Trinajstić information content (AvgIpc) is 2.86. The molecule has 2 heterocycles. The highest BCUT2D eigenvalue weighted by Crippen LogP contribution is 2.35. The topological polar surface area (TPSA) is 37.9 Å². The van der Waals surface area contributed by atoms with Gasteiger partial charge in [-0.15, -0.1) is 0 Å². The third kappa shape index (κ3) is 3.11. The normalized spacial score (nSPS) is 11.2. The molecule has 0 aliphatic carbocycles. The van der Waals surface area contributed by atoms with Gasteiger partial charge in [0.2, 0.25) is 5.88 Å². The maximum Gasteiger partial charge on any atom is 0.240 e. The van der Waals surface area contributed by atoms with Crippen LogP contribution >= 0.6 is 11.6 Å². The molecule has 2 aromatic heterocycles. The van der Waals surface area contributed by atoms with E-state index in [2.05, 4.69) is 23.8 Å². The second-order valence-corrected chi connectivity index (χ2v) is 6.33. The average molecular weight is 347 g/mol. The zero-order valence-corrected chi connectivity index (χ0v) is 14.8. The van der Waals surface area contributed by atoms with Gasteiger partial charge in [0.25, 0.3) is 0 Å². The van der Waals surface area contributed by atoms with E-state index in [1.54, 1.807) is 12.1 Å². The number of aryl methyl sites for hydroxylation is 3. The lowest BCUT2D eigenvalue weighted by molar-refractivity contribution is 0.297. The van der Waals surface area contributed by atoms with E-state index in [9.17, 15) is 4.39 Å². The molecular formula is C19H20ClFN2O. The van der Waals surface area contributed by atoms with Gasteiger partial charge in [-0.2, -0.15) is 4.98 Å². The first-order valence-electron chi connectivity index (χ1n) is 8.05. The predicted octanol–water partition coefficient (Wildman–Crippen LogP) is 5.50. The standard InChI is InChI=1S/C19H20ClFN2O/c1-4-5-15-16-11(2)12(3)22-17(16)19(23-18(15)20)24-10-13-6-8-14(21)9-7-13/h6-9,22H,4-5,10H2,1-3H3. The monoisotopic (exact) mass is 346 g/mol. The van der Waals surface area contributed by atoms with Crippen molar-refractivity contribution >= 4 is 22.5 Å². The molecule has 0 radical (unpaired) electrons. The van der Waals surface area contributed by atoms with E-state index >= 15 is 0 Å². The van der Waals surface area contributed by atoms with E-state index in [1.165, 1.54) is 17.7 Å². The van der Waals surface area contributed by atoms with Crippen molar-refractivity contribution < 1.29 is 9.13 Å². The number of nitrogens with zero attached hydrogens (tertiary/aromatic N) is 1. The third-order valence-electron chi connectivity index (χ3n) is 4.25. The summed E-state index contributed by atoms with van der Waals surface area (Å²) in [6.07, 6.45) is 1.87. The molecule has 0 spiro atoms. The molecule has 24 heavy (non-hydrogen) atoms. The first-order chi connectivity index (χ1) is 11.5. The van der Waals surface area contributed by atoms with Crippen molar-refractivity contribution in [3.8, 4) is 5.88 Å². The molecule has 0 bridgehead atoms. The highest BCUT2D eigenvalue weighted by atomic mass is 35.5. The van der Waals surface area contributed by atoms with E-state index in [1.807, 2.05) is 6.92 Å². The van der Waals surface area contributed by atoms with Crippen LogP contribution in [0.2, 0.25) is 5.15 Å². The summed E-state index contributed by atoms with van der Waals surface area (Å²) in [5.41, 5.74) is 5.06. The number of benzene rings is 1. The Kier molecular flexibility index (Phi) is 4.76. The van der Waals surface area contributed by atoms with Gasteiger partial charge in [0.15, 0.2) is 0 Å². The van der Waals surface area contributed by atoms with Gasteiger partial charge in [-0.3, -0.25) is 0 Å². The fourth-order valence-electron chi connectivity index (χ4n) is 2.89. The van der Waals surface area contributed by atoms with Crippen molar-refractivity contribution in [2.24, 2.45) is 0 Å². The van der Waals surface area contributed by atoms with E-state index in [0.29, 0.717) is 17.6 Å². The summed E-state index contributed by atoms with van der Waals surface area (Å²) in [5.74, 6) is 0.220. The molecule has 3 rings (SSSR count). The molecule has 0 atom stereocenters. The van der Waals surface area contributed by atoms with Crippen LogP contribution in [-0.2, 0) is 13.0 Å². The Labute approximate surface area is 145 Å². The lowest BCUT2D eigenvalue weighted by Gasteiger charge is -2.11. The molecule has 5 heteroatoms. The number of nitrogens with one attached hydrogen (secondary N) is 1. The van der Waals surface area contributed by atoms with Crippen LogP contribution in [0.15, 0.2) is 24.3 Å². The number of halogens is 2. The van der Waals surface area contributed by atoms with Crippen molar-refractivity contribution in [2.45, 2.75) is 40.2 Å². The van der Waals surface area contributed by atoms with Gasteiger partial charge < -0.3 is 9.72 Å². The van der Waals surface area contributed by atoms with E-state index < -0.39 is 0 Å². The fraction of sp³-hybridized carbons (Fsp3) is 0.316. The van der Waals surface area contributed by atoms with Gasteiger partial charge >= 0.3 is 0 Å². The highest BCUT2D eigenvalue weighted by Gasteiger charge is 2.18. The molecule has 1 N–H and O–H groups in total. The Balaban J connectivity index is 2.00. The Morgan fingerprint density at radius 3 is 2.58 bits per heavy atom. The lowest BCUT2D eigenvalue weighted by atomic mass is 10.0. The zero-order chi connectivity index (χ0) is 17.3. The SMILES string of the molecule is CCCc1c(Cl)nc(OCc2ccc(F)cc2)c2[nH]c(C)c(C)c12. The van der Waals surface area contributed by atoms with E-state index in [-0.39, 0.29) is 5.82 Å². The van der Waals surface area contributed by atoms with Crippen molar-refractivity contribution in [2.75, 3.05) is 0 Å². The molecule has 126 valence electrons. The molecule has 0 saturated heterocycles. The summed E-state index contributed by atoms with van der Waals surface area (Å²) >= 11 is 6.42. The number of hydrogen-bond acceptors (Lipinski definition) is 2. The molecular weight excluding hydrogens is 327 g/mol. The Hall–Kier alpha value is -2.07. The third-order valence-corrected chi connectivity index (χ3v) is 4.57. The second kappa shape index (κ2) is 6.81. The molecule has 3 aromatic rings. The molecule has 0 saturated carbocycles. The fourth-order valence-corrected chi connectivity index (χ4v) is 3.15. The van der Waals surface area contributed by atoms with Crippen LogP contribution < -0.4 is 4.74 Å². The molecule has 0 fully saturated rings. The van der Waals surface area contributed by atoms with Crippen molar-refractivity contribution in [1.82, 2.24) is 9.97 Å². The number of H-pyrrole nitrogens is 1. The van der Waals surface area contributed by atoms with Crippen LogP contribution in [0.5, 0.6) is 5.88 Å². The van der Waals surface area contributed by atoms with Gasteiger partial charge in [-0.05, 0) is 49.1 Å².